The largest absolute Gasteiger partial charge is 0.493 e. The molecule has 0 saturated heterocycles. The van der Waals surface area contributed by atoms with Crippen LogP contribution in [0, 0.1) is 0 Å². The van der Waals surface area contributed by atoms with Gasteiger partial charge in [-0.1, -0.05) is 41.9 Å². The van der Waals surface area contributed by atoms with Gasteiger partial charge in [0.25, 0.3) is 5.91 Å². The Labute approximate surface area is 204 Å². The second kappa shape index (κ2) is 10.4. The fourth-order valence-corrected chi connectivity index (χ4v) is 4.56. The third-order valence-electron chi connectivity index (χ3n) is 4.86. The zero-order valence-electron chi connectivity index (χ0n) is 18.2. The van der Waals surface area contributed by atoms with Crippen LogP contribution in [0.25, 0.3) is 10.1 Å². The summed E-state index contributed by atoms with van der Waals surface area (Å²) < 4.78 is 16.9. The van der Waals surface area contributed by atoms with Gasteiger partial charge < -0.3 is 14.2 Å². The highest BCUT2D eigenvalue weighted by molar-refractivity contribution is 7.21. The Bertz CT molecular complexity index is 1400. The van der Waals surface area contributed by atoms with Crippen molar-refractivity contribution in [2.45, 2.75) is 0 Å². The maximum atomic E-state index is 12.8. The first-order chi connectivity index (χ1) is 16.5. The van der Waals surface area contributed by atoms with Gasteiger partial charge in [0, 0.05) is 21.2 Å². The molecule has 3 aromatic carbocycles. The predicted octanol–water partition coefficient (Wildman–Crippen LogP) is 5.56. The van der Waals surface area contributed by atoms with Crippen LogP contribution in [0.4, 0.5) is 0 Å². The highest BCUT2D eigenvalue weighted by Gasteiger charge is 2.19. The molecule has 0 aliphatic carbocycles. The van der Waals surface area contributed by atoms with Gasteiger partial charge in [-0.05, 0) is 36.4 Å². The molecule has 172 valence electrons. The number of methoxy groups -OCH3 is 2. The number of carbonyl (C=O) groups excluding carboxylic acids is 2. The molecule has 34 heavy (non-hydrogen) atoms. The van der Waals surface area contributed by atoms with E-state index >= 15 is 0 Å². The first kappa shape index (κ1) is 23.3. The van der Waals surface area contributed by atoms with Gasteiger partial charge in [0.05, 0.1) is 25.5 Å². The molecule has 0 saturated carbocycles. The van der Waals surface area contributed by atoms with Crippen molar-refractivity contribution in [3.63, 3.8) is 0 Å². The number of hydrazone groups is 1. The van der Waals surface area contributed by atoms with Crippen molar-refractivity contribution >= 4 is 51.1 Å². The molecule has 1 heterocycles. The van der Waals surface area contributed by atoms with Gasteiger partial charge in [-0.3, -0.25) is 4.79 Å². The fourth-order valence-electron chi connectivity index (χ4n) is 3.17. The summed E-state index contributed by atoms with van der Waals surface area (Å²) in [6, 6.07) is 19.1. The summed E-state index contributed by atoms with van der Waals surface area (Å²) in [4.78, 5) is 25.6. The van der Waals surface area contributed by atoms with E-state index in [0.29, 0.717) is 32.5 Å². The van der Waals surface area contributed by atoms with Gasteiger partial charge in [-0.25, -0.2) is 10.2 Å². The number of esters is 1. The van der Waals surface area contributed by atoms with E-state index in [1.54, 1.807) is 42.5 Å². The molecule has 4 aromatic rings. The van der Waals surface area contributed by atoms with Crippen molar-refractivity contribution in [1.29, 1.82) is 0 Å². The number of para-hydroxylation sites is 1. The van der Waals surface area contributed by atoms with E-state index in [0.717, 1.165) is 10.1 Å². The molecule has 0 atom stereocenters. The minimum absolute atomic E-state index is 0.283. The smallest absolute Gasteiger partial charge is 0.355 e. The second-order valence-corrected chi connectivity index (χ2v) is 8.37. The lowest BCUT2D eigenvalue weighted by molar-refractivity contribution is 0.0739. The van der Waals surface area contributed by atoms with Crippen LogP contribution in [0.1, 0.15) is 25.6 Å². The SMILES string of the molecule is COc1ccc(C(=O)NN=Cc2ccccc2OC(=O)c2sc3ccccc3c2Cl)cc1OC. The Hall–Kier alpha value is -3.88. The minimum atomic E-state index is -0.568. The van der Waals surface area contributed by atoms with Gasteiger partial charge >= 0.3 is 5.97 Å². The topological polar surface area (TPSA) is 86.2 Å². The molecular formula is C25H19ClN2O5S. The fraction of sp³-hybridized carbons (Fsp3) is 0.0800. The summed E-state index contributed by atoms with van der Waals surface area (Å²) in [5.41, 5.74) is 3.29. The van der Waals surface area contributed by atoms with Crippen LogP contribution in [0.5, 0.6) is 17.2 Å². The lowest BCUT2D eigenvalue weighted by Gasteiger charge is -2.09. The first-order valence-electron chi connectivity index (χ1n) is 10.1. The van der Waals surface area contributed by atoms with Crippen LogP contribution in [0.15, 0.2) is 71.8 Å². The third kappa shape index (κ3) is 4.88. The van der Waals surface area contributed by atoms with Crippen LogP contribution in [0.3, 0.4) is 0 Å². The maximum absolute atomic E-state index is 12.8. The lowest BCUT2D eigenvalue weighted by Crippen LogP contribution is -2.18. The molecule has 0 unspecified atom stereocenters. The zero-order chi connectivity index (χ0) is 24.1. The van der Waals surface area contributed by atoms with Crippen molar-refractivity contribution in [3.8, 4) is 17.2 Å². The van der Waals surface area contributed by atoms with Crippen molar-refractivity contribution in [2.24, 2.45) is 5.10 Å². The van der Waals surface area contributed by atoms with E-state index in [1.807, 2.05) is 24.3 Å². The summed E-state index contributed by atoms with van der Waals surface area (Å²) in [7, 11) is 3.00. The highest BCUT2D eigenvalue weighted by Crippen LogP contribution is 2.36. The maximum Gasteiger partial charge on any atom is 0.355 e. The molecule has 4 rings (SSSR count). The molecule has 0 fully saturated rings. The molecule has 1 amide bonds. The molecular weight excluding hydrogens is 476 g/mol. The van der Waals surface area contributed by atoms with E-state index in [1.165, 1.54) is 31.8 Å². The summed E-state index contributed by atoms with van der Waals surface area (Å²) in [5, 5.41) is 5.16. The molecule has 9 heteroatoms. The number of benzene rings is 3. The van der Waals surface area contributed by atoms with Crippen molar-refractivity contribution in [2.75, 3.05) is 14.2 Å². The number of thiophene rings is 1. The Kier molecular flexibility index (Phi) is 7.10. The Balaban J connectivity index is 1.48. The standard InChI is InChI=1S/C25H19ClN2O5S/c1-31-19-12-11-15(13-20(19)32-2)24(29)28-27-14-16-7-3-5-9-18(16)33-25(30)23-22(26)17-8-4-6-10-21(17)34-23/h3-14H,1-2H3,(H,28,29). The van der Waals surface area contributed by atoms with Crippen LogP contribution in [-0.2, 0) is 0 Å². The Morgan fingerprint density at radius 2 is 1.68 bits per heavy atom. The number of hydrogen-bond donors (Lipinski definition) is 1. The van der Waals surface area contributed by atoms with Gasteiger partial charge in [0.2, 0.25) is 0 Å². The number of amides is 1. The van der Waals surface area contributed by atoms with Crippen LogP contribution >= 0.6 is 22.9 Å². The second-order valence-electron chi connectivity index (χ2n) is 6.94. The minimum Gasteiger partial charge on any atom is -0.493 e. The zero-order valence-corrected chi connectivity index (χ0v) is 19.8. The first-order valence-corrected chi connectivity index (χ1v) is 11.2. The number of nitrogens with zero attached hydrogens (tertiary/aromatic N) is 1. The molecule has 1 N–H and O–H groups in total. The molecule has 0 spiro atoms. The van der Waals surface area contributed by atoms with E-state index < -0.39 is 11.9 Å². The summed E-state index contributed by atoms with van der Waals surface area (Å²) in [6.07, 6.45) is 1.40. The van der Waals surface area contributed by atoms with Gasteiger partial charge in [0.15, 0.2) is 11.5 Å². The molecule has 7 nitrogen and oxygen atoms in total. The number of halogens is 1. The number of hydrogen-bond acceptors (Lipinski definition) is 7. The van der Waals surface area contributed by atoms with Crippen molar-refractivity contribution in [1.82, 2.24) is 5.43 Å². The van der Waals surface area contributed by atoms with Crippen LogP contribution in [0.2, 0.25) is 5.02 Å². The number of carbonyl (C=O) groups is 2. The molecule has 1 aromatic heterocycles. The Morgan fingerprint density at radius 3 is 2.44 bits per heavy atom. The monoisotopic (exact) mass is 494 g/mol. The highest BCUT2D eigenvalue weighted by atomic mass is 35.5. The molecule has 0 bridgehead atoms. The lowest BCUT2D eigenvalue weighted by atomic mass is 10.2. The van der Waals surface area contributed by atoms with E-state index in [4.69, 9.17) is 25.8 Å². The summed E-state index contributed by atoms with van der Waals surface area (Å²) in [5.74, 6) is 0.212. The van der Waals surface area contributed by atoms with E-state index in [9.17, 15) is 9.59 Å². The molecule has 0 radical (unpaired) electrons. The number of fused-ring (bicyclic) bond motifs is 1. The average Bonchev–Trinajstić information content (AvgIpc) is 3.21. The van der Waals surface area contributed by atoms with Crippen LogP contribution in [-0.4, -0.2) is 32.3 Å². The molecule has 0 aliphatic heterocycles. The third-order valence-corrected chi connectivity index (χ3v) is 6.51. The quantitative estimate of drug-likeness (QED) is 0.157. The summed E-state index contributed by atoms with van der Waals surface area (Å²) >= 11 is 7.66. The van der Waals surface area contributed by atoms with Crippen molar-refractivity contribution in [3.05, 3.63) is 87.8 Å². The Morgan fingerprint density at radius 1 is 0.941 bits per heavy atom. The van der Waals surface area contributed by atoms with Gasteiger partial charge in [-0.2, -0.15) is 5.10 Å². The van der Waals surface area contributed by atoms with E-state index in [2.05, 4.69) is 10.5 Å². The predicted molar refractivity (Wildman–Crippen MR) is 133 cm³/mol. The van der Waals surface area contributed by atoms with E-state index in [-0.39, 0.29) is 5.75 Å². The van der Waals surface area contributed by atoms with Crippen molar-refractivity contribution < 1.29 is 23.8 Å². The van der Waals surface area contributed by atoms with Gasteiger partial charge in [-0.15, -0.1) is 11.3 Å². The summed E-state index contributed by atoms with van der Waals surface area (Å²) in [6.45, 7) is 0. The number of nitrogens with one attached hydrogen (secondary N) is 1. The average molecular weight is 495 g/mol. The number of ether oxygens (including phenoxy) is 3. The normalized spacial score (nSPS) is 10.9. The molecule has 0 aliphatic rings. The van der Waals surface area contributed by atoms with Crippen LogP contribution < -0.4 is 19.6 Å². The van der Waals surface area contributed by atoms with Gasteiger partial charge in [0.1, 0.15) is 10.6 Å². The number of rotatable bonds is 7.